The molecule has 3 N–H and O–H groups in total. The molecule has 0 aliphatic heterocycles. The van der Waals surface area contributed by atoms with Gasteiger partial charge in [0.05, 0.1) is 0 Å². The van der Waals surface area contributed by atoms with E-state index in [0.717, 1.165) is 24.8 Å². The second kappa shape index (κ2) is 9.59. The molecule has 0 aromatic heterocycles. The number of phenolic OH excluding ortho intramolecular Hbond substituents is 1. The Bertz CT molecular complexity index is 1520. The van der Waals surface area contributed by atoms with E-state index in [4.69, 9.17) is 0 Å². The van der Waals surface area contributed by atoms with Gasteiger partial charge in [0, 0.05) is 24.3 Å². The summed E-state index contributed by atoms with van der Waals surface area (Å²) in [7, 11) is -9.92. The van der Waals surface area contributed by atoms with Crippen LogP contribution >= 0.6 is 0 Å². The van der Waals surface area contributed by atoms with Gasteiger partial charge in [-0.1, -0.05) is 43.0 Å². The van der Waals surface area contributed by atoms with Crippen LogP contribution in [0.3, 0.4) is 0 Å². The smallest absolute Gasteiger partial charge is 0.298 e. The Labute approximate surface area is 198 Å². The van der Waals surface area contributed by atoms with E-state index in [1.807, 2.05) is 26.0 Å². The molecule has 0 heterocycles. The molecule has 0 aliphatic rings. The van der Waals surface area contributed by atoms with Crippen molar-refractivity contribution >= 4 is 38.1 Å². The summed E-state index contributed by atoms with van der Waals surface area (Å²) in [6.45, 7) is 9.46. The van der Waals surface area contributed by atoms with Gasteiger partial charge >= 0.3 is 0 Å². The van der Waals surface area contributed by atoms with E-state index in [9.17, 15) is 31.0 Å². The average molecular weight is 504 g/mol. The van der Waals surface area contributed by atoms with Gasteiger partial charge in [-0.3, -0.25) is 9.11 Å². The van der Waals surface area contributed by atoms with Gasteiger partial charge < -0.3 is 10.0 Å². The minimum atomic E-state index is -4.96. The fourth-order valence-corrected chi connectivity index (χ4v) is 5.11. The molecule has 0 bridgehead atoms. The van der Waals surface area contributed by atoms with Crippen molar-refractivity contribution < 1.29 is 31.0 Å². The number of hydrogen-bond donors (Lipinski definition) is 3. The quantitative estimate of drug-likeness (QED) is 0.419. The molecule has 0 atom stereocenters. The Morgan fingerprint density at radius 3 is 1.82 bits per heavy atom. The highest BCUT2D eigenvalue weighted by Gasteiger charge is 2.26. The van der Waals surface area contributed by atoms with Crippen LogP contribution in [0, 0.1) is 0 Å². The molecule has 0 fully saturated rings. The summed E-state index contributed by atoms with van der Waals surface area (Å²) >= 11 is 0. The number of benzene rings is 3. The van der Waals surface area contributed by atoms with Crippen LogP contribution in [0.5, 0.6) is 5.75 Å². The summed E-state index contributed by atoms with van der Waals surface area (Å²) in [5.41, 5.74) is 1.67. The fraction of sp³-hybridized carbons (Fsp3) is 0.167. The van der Waals surface area contributed by atoms with Crippen molar-refractivity contribution in [3.63, 3.8) is 0 Å². The predicted octanol–water partition coefficient (Wildman–Crippen LogP) is 2.39. The molecule has 180 valence electrons. The lowest BCUT2D eigenvalue weighted by atomic mass is 9.94. The van der Waals surface area contributed by atoms with Crippen molar-refractivity contribution in [2.75, 3.05) is 18.0 Å². The number of anilines is 1. The lowest BCUT2D eigenvalue weighted by Gasteiger charge is -2.21. The SMILES string of the molecule is C=c1ccc(=C(c2ccc(N(CC)CC)cc2)c2cc(O)c(S(=O)(=O)O)cc2S(=O)(=O)O)cc1. The summed E-state index contributed by atoms with van der Waals surface area (Å²) in [5, 5.41) is 11.6. The summed E-state index contributed by atoms with van der Waals surface area (Å²) in [6, 6.07) is 15.5. The molecule has 0 spiro atoms. The van der Waals surface area contributed by atoms with Gasteiger partial charge in [-0.05, 0) is 59.7 Å². The van der Waals surface area contributed by atoms with Gasteiger partial charge in [0.25, 0.3) is 20.2 Å². The molecule has 10 heteroatoms. The minimum Gasteiger partial charge on any atom is -0.506 e. The van der Waals surface area contributed by atoms with Crippen LogP contribution in [0.1, 0.15) is 25.0 Å². The van der Waals surface area contributed by atoms with Crippen molar-refractivity contribution in [1.29, 1.82) is 0 Å². The number of hydrogen-bond acceptors (Lipinski definition) is 6. The third-order valence-corrected chi connectivity index (χ3v) is 7.19. The topological polar surface area (TPSA) is 132 Å². The molecular weight excluding hydrogens is 478 g/mol. The average Bonchev–Trinajstić information content (AvgIpc) is 2.75. The first-order valence-electron chi connectivity index (χ1n) is 10.3. The van der Waals surface area contributed by atoms with E-state index < -0.39 is 35.8 Å². The van der Waals surface area contributed by atoms with Gasteiger partial charge in [-0.25, -0.2) is 0 Å². The van der Waals surface area contributed by atoms with E-state index >= 15 is 0 Å². The molecule has 0 saturated carbocycles. The fourth-order valence-electron chi connectivity index (χ4n) is 3.74. The van der Waals surface area contributed by atoms with Crippen molar-refractivity contribution in [2.24, 2.45) is 0 Å². The number of nitrogens with zero attached hydrogens (tertiary/aromatic N) is 1. The lowest BCUT2D eigenvalue weighted by molar-refractivity contribution is 0.441. The Kier molecular flexibility index (Phi) is 7.18. The first-order chi connectivity index (χ1) is 15.9. The Morgan fingerprint density at radius 1 is 0.824 bits per heavy atom. The molecule has 3 aromatic carbocycles. The first-order valence-corrected chi connectivity index (χ1v) is 13.2. The largest absolute Gasteiger partial charge is 0.506 e. The third-order valence-electron chi connectivity index (χ3n) is 5.41. The maximum absolute atomic E-state index is 12.3. The molecule has 0 unspecified atom stereocenters. The van der Waals surface area contributed by atoms with Gasteiger partial charge in [0.1, 0.15) is 15.5 Å². The monoisotopic (exact) mass is 503 g/mol. The van der Waals surface area contributed by atoms with E-state index in [0.29, 0.717) is 27.6 Å². The van der Waals surface area contributed by atoms with Crippen molar-refractivity contribution in [2.45, 2.75) is 23.6 Å². The van der Waals surface area contributed by atoms with E-state index in [1.54, 1.807) is 36.4 Å². The van der Waals surface area contributed by atoms with E-state index in [-0.39, 0.29) is 5.56 Å². The Morgan fingerprint density at radius 2 is 1.35 bits per heavy atom. The van der Waals surface area contributed by atoms with Crippen molar-refractivity contribution in [3.8, 4) is 5.75 Å². The van der Waals surface area contributed by atoms with Crippen LogP contribution in [-0.4, -0.2) is 44.1 Å². The highest BCUT2D eigenvalue weighted by Crippen LogP contribution is 2.35. The van der Waals surface area contributed by atoms with Gasteiger partial charge in [0.2, 0.25) is 0 Å². The maximum atomic E-state index is 12.3. The molecule has 8 nitrogen and oxygen atoms in total. The van der Waals surface area contributed by atoms with E-state index in [1.165, 1.54) is 0 Å². The van der Waals surface area contributed by atoms with E-state index in [2.05, 4.69) is 11.5 Å². The highest BCUT2D eigenvalue weighted by molar-refractivity contribution is 7.86. The van der Waals surface area contributed by atoms with Crippen LogP contribution in [0.4, 0.5) is 5.69 Å². The normalized spacial score (nSPS) is 11.9. The molecule has 0 radical (unpaired) electrons. The van der Waals surface area contributed by atoms with Crippen LogP contribution in [-0.2, 0) is 20.2 Å². The Balaban J connectivity index is 2.43. The van der Waals surface area contributed by atoms with Crippen LogP contribution < -0.4 is 15.3 Å². The summed E-state index contributed by atoms with van der Waals surface area (Å²) < 4.78 is 67.1. The molecule has 3 rings (SSSR count). The Hall–Kier alpha value is -3.18. The lowest BCUT2D eigenvalue weighted by Crippen LogP contribution is -2.21. The summed E-state index contributed by atoms with van der Waals surface area (Å²) in [5.74, 6) is -0.865. The zero-order valence-electron chi connectivity index (χ0n) is 18.6. The molecular formula is C24H25NO7S2. The summed E-state index contributed by atoms with van der Waals surface area (Å²) in [6.07, 6.45) is 0. The van der Waals surface area contributed by atoms with Gasteiger partial charge in [-0.15, -0.1) is 0 Å². The van der Waals surface area contributed by atoms with Crippen molar-refractivity contribution in [3.05, 3.63) is 82.2 Å². The molecule has 34 heavy (non-hydrogen) atoms. The maximum Gasteiger partial charge on any atom is 0.298 e. The highest BCUT2D eigenvalue weighted by atomic mass is 32.2. The summed E-state index contributed by atoms with van der Waals surface area (Å²) in [4.78, 5) is 0.310. The third kappa shape index (κ3) is 5.31. The zero-order valence-corrected chi connectivity index (χ0v) is 20.3. The van der Waals surface area contributed by atoms with Crippen LogP contribution in [0.15, 0.2) is 70.5 Å². The second-order valence-corrected chi connectivity index (χ2v) is 10.3. The van der Waals surface area contributed by atoms with Crippen LogP contribution in [0.2, 0.25) is 0 Å². The van der Waals surface area contributed by atoms with Gasteiger partial charge in [0.15, 0.2) is 0 Å². The predicted molar refractivity (Wildman–Crippen MR) is 131 cm³/mol. The number of rotatable bonds is 7. The second-order valence-electron chi connectivity index (χ2n) is 7.56. The molecule has 3 aromatic rings. The minimum absolute atomic E-state index is 0.139. The van der Waals surface area contributed by atoms with Crippen molar-refractivity contribution in [1.82, 2.24) is 0 Å². The first kappa shape index (κ1) is 25.4. The van der Waals surface area contributed by atoms with Crippen LogP contribution in [0.25, 0.3) is 12.2 Å². The molecule has 0 amide bonds. The standard InChI is InChI=1S/C24H25NO7S2/c1-4-25(5-2)19-12-10-18(11-13-19)24(17-8-6-16(3)7-9-17)20-14-21(26)23(34(30,31)32)15-22(20)33(27,28)29/h6-15,26H,3-5H2,1-2H3,(H,27,28,29)(H,30,31,32). The molecule has 0 saturated heterocycles. The zero-order chi connectivity index (χ0) is 25.3. The number of aromatic hydroxyl groups is 1. The van der Waals surface area contributed by atoms with Gasteiger partial charge in [-0.2, -0.15) is 16.8 Å². The number of phenols is 1. The molecule has 0 aliphatic carbocycles.